The number of anilines is 1. The summed E-state index contributed by atoms with van der Waals surface area (Å²) in [4.78, 5) is 13.9. The van der Waals surface area contributed by atoms with Crippen molar-refractivity contribution in [2.75, 3.05) is 18.1 Å². The highest BCUT2D eigenvalue weighted by Crippen LogP contribution is 2.24. The molecular weight excluding hydrogens is 288 g/mol. The van der Waals surface area contributed by atoms with Crippen LogP contribution in [0.3, 0.4) is 0 Å². The highest BCUT2D eigenvalue weighted by Gasteiger charge is 2.14. The van der Waals surface area contributed by atoms with Crippen molar-refractivity contribution in [3.05, 3.63) is 59.2 Å². The highest BCUT2D eigenvalue weighted by atomic mass is 16.5. The fraction of sp³-hybridized carbons (Fsp3) is 0.316. The molecule has 0 saturated heterocycles. The number of nitrogens with one attached hydrogen (secondary N) is 1. The van der Waals surface area contributed by atoms with Gasteiger partial charge in [0.25, 0.3) is 0 Å². The molecule has 1 aliphatic heterocycles. The molecule has 4 nitrogen and oxygen atoms in total. The number of amides is 1. The van der Waals surface area contributed by atoms with Crippen LogP contribution in [0.2, 0.25) is 0 Å². The minimum atomic E-state index is 0.0400. The number of benzene rings is 2. The summed E-state index contributed by atoms with van der Waals surface area (Å²) in [5, 5.41) is 3.34. The van der Waals surface area contributed by atoms with Crippen LogP contribution in [0.15, 0.2) is 42.5 Å². The van der Waals surface area contributed by atoms with Crippen LogP contribution in [0, 0.1) is 6.92 Å². The number of carbonyl (C=O) groups excluding carboxylic acids is 1. The summed E-state index contributed by atoms with van der Waals surface area (Å²) >= 11 is 0. The molecule has 1 heterocycles. The zero-order valence-electron chi connectivity index (χ0n) is 13.6. The zero-order valence-corrected chi connectivity index (χ0v) is 13.6. The lowest BCUT2D eigenvalue weighted by molar-refractivity contribution is -0.116. The van der Waals surface area contributed by atoms with Gasteiger partial charge in [-0.3, -0.25) is 4.79 Å². The Labute approximate surface area is 137 Å². The molecule has 3 rings (SSSR count). The van der Waals surface area contributed by atoms with E-state index in [1.807, 2.05) is 43.3 Å². The first kappa shape index (κ1) is 15.6. The normalized spacial score (nSPS) is 13.7. The molecular formula is C19H22N2O2. The van der Waals surface area contributed by atoms with Crippen LogP contribution in [-0.4, -0.2) is 19.1 Å². The lowest BCUT2D eigenvalue weighted by Gasteiger charge is -2.22. The van der Waals surface area contributed by atoms with Crippen LogP contribution in [0.25, 0.3) is 0 Å². The lowest BCUT2D eigenvalue weighted by Crippen LogP contribution is -2.27. The number of nitrogens with zero attached hydrogens (tertiary/aromatic N) is 1. The van der Waals surface area contributed by atoms with Gasteiger partial charge in [-0.1, -0.05) is 23.8 Å². The van der Waals surface area contributed by atoms with Gasteiger partial charge in [-0.15, -0.1) is 0 Å². The van der Waals surface area contributed by atoms with E-state index in [0.29, 0.717) is 13.2 Å². The van der Waals surface area contributed by atoms with E-state index in [9.17, 15) is 4.79 Å². The van der Waals surface area contributed by atoms with Crippen molar-refractivity contribution >= 4 is 11.6 Å². The molecule has 0 saturated carbocycles. The molecule has 0 fully saturated rings. The van der Waals surface area contributed by atoms with Gasteiger partial charge >= 0.3 is 0 Å². The van der Waals surface area contributed by atoms with Gasteiger partial charge in [-0.2, -0.15) is 0 Å². The number of hydrogen-bond acceptors (Lipinski definition) is 3. The third-order valence-corrected chi connectivity index (χ3v) is 4.04. The second-order valence-corrected chi connectivity index (χ2v) is 5.91. The SMILES string of the molecule is CC(=O)N(Cc1ccc2c(c1)CNCCO2)c1ccc(C)cc1. The van der Waals surface area contributed by atoms with Crippen LogP contribution in [0.1, 0.15) is 23.6 Å². The average molecular weight is 310 g/mol. The van der Waals surface area contributed by atoms with Crippen molar-refractivity contribution in [2.24, 2.45) is 0 Å². The predicted molar refractivity (Wildman–Crippen MR) is 91.7 cm³/mol. The van der Waals surface area contributed by atoms with Crippen molar-refractivity contribution in [3.8, 4) is 5.75 Å². The van der Waals surface area contributed by atoms with Gasteiger partial charge in [0.15, 0.2) is 0 Å². The Kier molecular flexibility index (Phi) is 4.63. The first-order valence-electron chi connectivity index (χ1n) is 7.93. The molecule has 0 bridgehead atoms. The van der Waals surface area contributed by atoms with E-state index in [1.54, 1.807) is 11.8 Å². The number of fused-ring (bicyclic) bond motifs is 1. The maximum atomic E-state index is 12.1. The highest BCUT2D eigenvalue weighted by molar-refractivity contribution is 5.91. The second-order valence-electron chi connectivity index (χ2n) is 5.91. The van der Waals surface area contributed by atoms with Crippen molar-refractivity contribution in [1.29, 1.82) is 0 Å². The Balaban J connectivity index is 1.84. The molecule has 0 radical (unpaired) electrons. The number of aryl methyl sites for hydroxylation is 1. The largest absolute Gasteiger partial charge is 0.492 e. The van der Waals surface area contributed by atoms with E-state index in [2.05, 4.69) is 11.4 Å². The lowest BCUT2D eigenvalue weighted by atomic mass is 10.1. The molecule has 1 aliphatic rings. The Bertz CT molecular complexity index is 695. The first-order valence-corrected chi connectivity index (χ1v) is 7.93. The average Bonchev–Trinajstić information content (AvgIpc) is 2.78. The topological polar surface area (TPSA) is 41.6 Å². The molecule has 1 amide bonds. The molecule has 0 atom stereocenters. The summed E-state index contributed by atoms with van der Waals surface area (Å²) in [6.07, 6.45) is 0. The van der Waals surface area contributed by atoms with Crippen LogP contribution in [-0.2, 0) is 17.9 Å². The van der Waals surface area contributed by atoms with Gasteiger partial charge in [-0.05, 0) is 36.8 Å². The number of hydrogen-bond donors (Lipinski definition) is 1. The fourth-order valence-electron chi connectivity index (χ4n) is 2.76. The maximum Gasteiger partial charge on any atom is 0.224 e. The van der Waals surface area contributed by atoms with Crippen LogP contribution in [0.4, 0.5) is 5.69 Å². The summed E-state index contributed by atoms with van der Waals surface area (Å²) in [5.74, 6) is 0.974. The number of rotatable bonds is 3. The fourth-order valence-corrected chi connectivity index (χ4v) is 2.76. The molecule has 2 aromatic carbocycles. The summed E-state index contributed by atoms with van der Waals surface area (Å²) < 4.78 is 5.71. The summed E-state index contributed by atoms with van der Waals surface area (Å²) in [5.41, 5.74) is 4.36. The van der Waals surface area contributed by atoms with Crippen molar-refractivity contribution in [2.45, 2.75) is 26.9 Å². The Morgan fingerprint density at radius 1 is 1.22 bits per heavy atom. The van der Waals surface area contributed by atoms with E-state index in [0.717, 1.165) is 35.7 Å². The number of carbonyl (C=O) groups is 1. The molecule has 1 N–H and O–H groups in total. The van der Waals surface area contributed by atoms with E-state index in [4.69, 9.17) is 4.74 Å². The first-order chi connectivity index (χ1) is 11.1. The Hall–Kier alpha value is -2.33. The number of ether oxygens (including phenoxy) is 1. The molecule has 120 valence electrons. The third kappa shape index (κ3) is 3.71. The zero-order chi connectivity index (χ0) is 16.2. The van der Waals surface area contributed by atoms with Gasteiger partial charge in [0.1, 0.15) is 12.4 Å². The van der Waals surface area contributed by atoms with Gasteiger partial charge in [-0.25, -0.2) is 0 Å². The molecule has 23 heavy (non-hydrogen) atoms. The standard InChI is InChI=1S/C19H22N2O2/c1-14-3-6-18(7-4-14)21(15(2)22)13-16-5-8-19-17(11-16)12-20-9-10-23-19/h3-8,11,20H,9-10,12-13H2,1-2H3. The minimum Gasteiger partial charge on any atom is -0.492 e. The smallest absolute Gasteiger partial charge is 0.224 e. The molecule has 2 aromatic rings. The van der Waals surface area contributed by atoms with Crippen molar-refractivity contribution in [3.63, 3.8) is 0 Å². The second kappa shape index (κ2) is 6.84. The van der Waals surface area contributed by atoms with E-state index >= 15 is 0 Å². The summed E-state index contributed by atoms with van der Waals surface area (Å²) in [6, 6.07) is 14.2. The van der Waals surface area contributed by atoms with Crippen molar-refractivity contribution < 1.29 is 9.53 Å². The van der Waals surface area contributed by atoms with Gasteiger partial charge in [0.05, 0.1) is 6.54 Å². The van der Waals surface area contributed by atoms with Crippen molar-refractivity contribution in [1.82, 2.24) is 5.32 Å². The monoisotopic (exact) mass is 310 g/mol. The van der Waals surface area contributed by atoms with E-state index in [1.165, 1.54) is 5.56 Å². The maximum absolute atomic E-state index is 12.1. The molecule has 0 unspecified atom stereocenters. The van der Waals surface area contributed by atoms with E-state index < -0.39 is 0 Å². The summed E-state index contributed by atoms with van der Waals surface area (Å²) in [7, 11) is 0. The third-order valence-electron chi connectivity index (χ3n) is 4.04. The Morgan fingerprint density at radius 2 is 2.00 bits per heavy atom. The predicted octanol–water partition coefficient (Wildman–Crippen LogP) is 3.03. The molecule has 0 aromatic heterocycles. The molecule has 0 aliphatic carbocycles. The molecule has 0 spiro atoms. The molecule has 4 heteroatoms. The van der Waals surface area contributed by atoms with Gasteiger partial charge in [0, 0.05) is 31.3 Å². The summed E-state index contributed by atoms with van der Waals surface area (Å²) in [6.45, 7) is 6.55. The quantitative estimate of drug-likeness (QED) is 0.947. The van der Waals surface area contributed by atoms with Crippen LogP contribution < -0.4 is 15.0 Å². The minimum absolute atomic E-state index is 0.0400. The van der Waals surface area contributed by atoms with E-state index in [-0.39, 0.29) is 5.91 Å². The van der Waals surface area contributed by atoms with Crippen LogP contribution in [0.5, 0.6) is 5.75 Å². The van der Waals surface area contributed by atoms with Gasteiger partial charge in [0.2, 0.25) is 5.91 Å². The van der Waals surface area contributed by atoms with Gasteiger partial charge < -0.3 is 15.0 Å². The van der Waals surface area contributed by atoms with Crippen LogP contribution >= 0.6 is 0 Å². The Morgan fingerprint density at radius 3 is 2.74 bits per heavy atom.